The van der Waals surface area contributed by atoms with E-state index in [4.69, 9.17) is 25.8 Å². The number of nitrogens with one attached hydrogen (secondary N) is 1. The van der Waals surface area contributed by atoms with Gasteiger partial charge >= 0.3 is 0 Å². The number of methoxy groups -OCH3 is 1. The fourth-order valence-corrected chi connectivity index (χ4v) is 1.45. The molecule has 0 bridgehead atoms. The molecule has 0 aliphatic heterocycles. The van der Waals surface area contributed by atoms with Gasteiger partial charge in [0.05, 0.1) is 12.8 Å². The van der Waals surface area contributed by atoms with Crippen molar-refractivity contribution >= 4 is 17.5 Å². The number of nitrogens with zero attached hydrogens (tertiary/aromatic N) is 2. The van der Waals surface area contributed by atoms with Crippen molar-refractivity contribution < 1.29 is 14.2 Å². The van der Waals surface area contributed by atoms with E-state index in [0.717, 1.165) is 13.0 Å². The van der Waals surface area contributed by atoms with Crippen LogP contribution >= 0.6 is 11.6 Å². The number of ether oxygens (including phenoxy) is 3. The molecule has 0 spiro atoms. The predicted octanol–water partition coefficient (Wildman–Crippen LogP) is 1.99. The molecular weight excluding hydrogens is 270 g/mol. The fourth-order valence-electron chi connectivity index (χ4n) is 1.30. The molecule has 19 heavy (non-hydrogen) atoms. The number of hydrogen-bond acceptors (Lipinski definition) is 6. The van der Waals surface area contributed by atoms with Crippen LogP contribution in [0.5, 0.6) is 5.88 Å². The lowest BCUT2D eigenvalue weighted by Crippen LogP contribution is -2.10. The number of rotatable bonds is 10. The second-order valence-corrected chi connectivity index (χ2v) is 4.09. The van der Waals surface area contributed by atoms with Crippen molar-refractivity contribution in [2.45, 2.75) is 13.3 Å². The van der Waals surface area contributed by atoms with Gasteiger partial charge in [-0.1, -0.05) is 11.6 Å². The van der Waals surface area contributed by atoms with E-state index in [1.807, 2.05) is 6.92 Å². The molecule has 0 saturated heterocycles. The van der Waals surface area contributed by atoms with Crippen LogP contribution in [0, 0.1) is 0 Å². The summed E-state index contributed by atoms with van der Waals surface area (Å²) in [7, 11) is 1.67. The molecule has 0 aliphatic carbocycles. The molecule has 0 unspecified atom stereocenters. The van der Waals surface area contributed by atoms with Crippen molar-refractivity contribution in [2.24, 2.45) is 0 Å². The van der Waals surface area contributed by atoms with E-state index in [9.17, 15) is 0 Å². The van der Waals surface area contributed by atoms with Gasteiger partial charge in [-0.15, -0.1) is 0 Å². The van der Waals surface area contributed by atoms with E-state index < -0.39 is 0 Å². The number of halogens is 1. The van der Waals surface area contributed by atoms with E-state index in [-0.39, 0.29) is 0 Å². The van der Waals surface area contributed by atoms with Crippen molar-refractivity contribution in [3.8, 4) is 5.88 Å². The van der Waals surface area contributed by atoms with Gasteiger partial charge in [0, 0.05) is 26.9 Å². The molecule has 1 rings (SSSR count). The molecule has 108 valence electrons. The molecule has 1 N–H and O–H groups in total. The van der Waals surface area contributed by atoms with Crippen LogP contribution in [0.2, 0.25) is 5.02 Å². The molecule has 1 heterocycles. The Morgan fingerprint density at radius 3 is 2.84 bits per heavy atom. The first-order valence-electron chi connectivity index (χ1n) is 6.23. The Morgan fingerprint density at radius 2 is 2.11 bits per heavy atom. The van der Waals surface area contributed by atoms with E-state index in [1.165, 1.54) is 6.20 Å². The van der Waals surface area contributed by atoms with Crippen LogP contribution in [0.3, 0.4) is 0 Å². The molecule has 1 aromatic rings. The predicted molar refractivity (Wildman–Crippen MR) is 74.0 cm³/mol. The van der Waals surface area contributed by atoms with Crippen molar-refractivity contribution in [1.29, 1.82) is 0 Å². The van der Waals surface area contributed by atoms with Gasteiger partial charge in [-0.05, 0) is 13.3 Å². The van der Waals surface area contributed by atoms with Crippen molar-refractivity contribution in [3.63, 3.8) is 0 Å². The van der Waals surface area contributed by atoms with Gasteiger partial charge in [0.15, 0.2) is 0 Å². The maximum absolute atomic E-state index is 5.94. The summed E-state index contributed by atoms with van der Waals surface area (Å²) < 4.78 is 15.7. The van der Waals surface area contributed by atoms with E-state index in [0.29, 0.717) is 43.3 Å². The Kier molecular flexibility index (Phi) is 8.20. The lowest BCUT2D eigenvalue weighted by atomic mass is 10.5. The highest BCUT2D eigenvalue weighted by atomic mass is 35.5. The van der Waals surface area contributed by atoms with Gasteiger partial charge in [-0.25, -0.2) is 4.98 Å². The summed E-state index contributed by atoms with van der Waals surface area (Å²) in [5, 5.41) is 3.38. The highest BCUT2D eigenvalue weighted by Gasteiger charge is 2.06. The lowest BCUT2D eigenvalue weighted by Gasteiger charge is -2.09. The van der Waals surface area contributed by atoms with Crippen LogP contribution in [0.4, 0.5) is 5.95 Å². The molecule has 0 radical (unpaired) electrons. The average Bonchev–Trinajstić information content (AvgIpc) is 2.41. The molecule has 0 amide bonds. The van der Waals surface area contributed by atoms with Crippen molar-refractivity contribution in [2.75, 3.05) is 45.4 Å². The molecule has 6 nitrogen and oxygen atoms in total. The Hall–Kier alpha value is -1.11. The maximum atomic E-state index is 5.94. The maximum Gasteiger partial charge on any atom is 0.237 e. The minimum atomic E-state index is 0.369. The third-order valence-corrected chi connectivity index (χ3v) is 2.41. The normalized spacial score (nSPS) is 10.5. The van der Waals surface area contributed by atoms with E-state index in [1.54, 1.807) is 7.11 Å². The quantitative estimate of drug-likeness (QED) is 0.665. The molecular formula is C12H20ClN3O3. The monoisotopic (exact) mass is 289 g/mol. The molecule has 0 atom stereocenters. The molecule has 0 aliphatic rings. The summed E-state index contributed by atoms with van der Waals surface area (Å²) in [4.78, 5) is 8.18. The van der Waals surface area contributed by atoms with Crippen LogP contribution in [-0.4, -0.2) is 50.1 Å². The van der Waals surface area contributed by atoms with E-state index in [2.05, 4.69) is 15.3 Å². The number of anilines is 1. The highest BCUT2D eigenvalue weighted by molar-refractivity contribution is 6.31. The van der Waals surface area contributed by atoms with Crippen molar-refractivity contribution in [1.82, 2.24) is 9.97 Å². The van der Waals surface area contributed by atoms with Crippen LogP contribution in [0.25, 0.3) is 0 Å². The van der Waals surface area contributed by atoms with E-state index >= 15 is 0 Å². The standard InChI is InChI=1S/C12H20ClN3O3/c1-3-14-12-15-9-10(13)11(16-12)19-8-7-18-6-4-5-17-2/h9H,3-8H2,1-2H3,(H,14,15,16). The summed E-state index contributed by atoms with van der Waals surface area (Å²) in [6, 6.07) is 0. The van der Waals surface area contributed by atoms with Gasteiger partial charge in [0.2, 0.25) is 11.8 Å². The summed E-state index contributed by atoms with van der Waals surface area (Å²) in [6.07, 6.45) is 2.39. The molecule has 7 heteroatoms. The minimum absolute atomic E-state index is 0.369. The second-order valence-electron chi connectivity index (χ2n) is 3.68. The van der Waals surface area contributed by atoms with Crippen molar-refractivity contribution in [3.05, 3.63) is 11.2 Å². The zero-order valence-corrected chi connectivity index (χ0v) is 12.1. The Balaban J connectivity index is 2.26. The van der Waals surface area contributed by atoms with Crippen LogP contribution in [0.1, 0.15) is 13.3 Å². The summed E-state index contributed by atoms with van der Waals surface area (Å²) in [5.41, 5.74) is 0. The zero-order chi connectivity index (χ0) is 13.9. The Morgan fingerprint density at radius 1 is 1.26 bits per heavy atom. The second kappa shape index (κ2) is 9.77. The van der Waals surface area contributed by atoms with Gasteiger partial charge in [0.25, 0.3) is 0 Å². The Bertz CT molecular complexity index is 366. The van der Waals surface area contributed by atoms with Crippen LogP contribution in [0.15, 0.2) is 6.20 Å². The average molecular weight is 290 g/mol. The number of aromatic nitrogens is 2. The SMILES string of the molecule is CCNc1ncc(Cl)c(OCCOCCCOC)n1. The minimum Gasteiger partial charge on any atom is -0.474 e. The largest absolute Gasteiger partial charge is 0.474 e. The van der Waals surface area contributed by atoms with Gasteiger partial charge in [-0.3, -0.25) is 0 Å². The summed E-state index contributed by atoms with van der Waals surface area (Å²) in [5.74, 6) is 0.871. The first-order valence-corrected chi connectivity index (χ1v) is 6.61. The van der Waals surface area contributed by atoms with Crippen LogP contribution < -0.4 is 10.1 Å². The van der Waals surface area contributed by atoms with Gasteiger partial charge in [0.1, 0.15) is 11.6 Å². The smallest absolute Gasteiger partial charge is 0.237 e. The lowest BCUT2D eigenvalue weighted by molar-refractivity contribution is 0.0796. The summed E-state index contributed by atoms with van der Waals surface area (Å²) in [6.45, 7) is 4.94. The molecule has 1 aromatic heterocycles. The Labute approximate surface area is 118 Å². The van der Waals surface area contributed by atoms with Crippen LogP contribution in [-0.2, 0) is 9.47 Å². The first-order chi connectivity index (χ1) is 9.27. The van der Waals surface area contributed by atoms with Gasteiger partial charge < -0.3 is 19.5 Å². The zero-order valence-electron chi connectivity index (χ0n) is 11.3. The topological polar surface area (TPSA) is 65.5 Å². The highest BCUT2D eigenvalue weighted by Crippen LogP contribution is 2.21. The molecule has 0 saturated carbocycles. The fraction of sp³-hybridized carbons (Fsp3) is 0.667. The third kappa shape index (κ3) is 6.56. The molecule has 0 aromatic carbocycles. The number of hydrogen-bond donors (Lipinski definition) is 1. The first kappa shape index (κ1) is 15.9. The summed E-state index contributed by atoms with van der Waals surface area (Å²) >= 11 is 5.94. The van der Waals surface area contributed by atoms with Gasteiger partial charge in [-0.2, -0.15) is 4.98 Å². The molecule has 0 fully saturated rings. The third-order valence-electron chi connectivity index (χ3n) is 2.15.